The molecule has 30 heavy (non-hydrogen) atoms. The van der Waals surface area contributed by atoms with Gasteiger partial charge in [0.1, 0.15) is 24.9 Å². The lowest BCUT2D eigenvalue weighted by Crippen LogP contribution is -2.55. The van der Waals surface area contributed by atoms with Crippen LogP contribution in [0, 0.1) is 0 Å². The van der Waals surface area contributed by atoms with Gasteiger partial charge in [-0.25, -0.2) is 0 Å². The standard InChI is InChI=1S/C26H27NO3/c1-29-25-11-9-20-14-24-22-15-21(28)10-8-19(22)12-13-27(24,17-23(20)26(25)30-2)16-18-6-4-3-5-7-18/h3-11,15,24H,12-14,16-17H2,1-2H3/p+1. The molecule has 0 spiro atoms. The Bertz CT molecular complexity index is 1080. The lowest BCUT2D eigenvalue weighted by atomic mass is 9.80. The van der Waals surface area contributed by atoms with Crippen LogP contribution in [0.5, 0.6) is 17.2 Å². The molecule has 2 heterocycles. The lowest BCUT2D eigenvalue weighted by molar-refractivity contribution is -0.985. The fourth-order valence-corrected chi connectivity index (χ4v) is 5.52. The SMILES string of the molecule is COc1ccc2c(c1OC)C[N+]1(Cc3ccccc3)CCc3ccc(O)cc3C1C2. The Morgan fingerprint density at radius 1 is 0.967 bits per heavy atom. The molecule has 2 unspecified atom stereocenters. The molecule has 0 aromatic heterocycles. The van der Waals surface area contributed by atoms with Gasteiger partial charge in [0.2, 0.25) is 0 Å². The van der Waals surface area contributed by atoms with E-state index in [1.54, 1.807) is 14.2 Å². The van der Waals surface area contributed by atoms with Crippen LogP contribution >= 0.6 is 0 Å². The van der Waals surface area contributed by atoms with E-state index in [1.807, 2.05) is 18.2 Å². The number of nitrogens with zero attached hydrogens (tertiary/aromatic N) is 1. The molecule has 0 aliphatic carbocycles. The monoisotopic (exact) mass is 402 g/mol. The molecule has 2 aliphatic rings. The molecular formula is C26H28NO3+. The average molecular weight is 403 g/mol. The van der Waals surface area contributed by atoms with Crippen molar-refractivity contribution in [2.24, 2.45) is 0 Å². The zero-order chi connectivity index (χ0) is 20.7. The summed E-state index contributed by atoms with van der Waals surface area (Å²) in [6.45, 7) is 2.92. The summed E-state index contributed by atoms with van der Waals surface area (Å²) >= 11 is 0. The topological polar surface area (TPSA) is 38.7 Å². The largest absolute Gasteiger partial charge is 0.508 e. The Morgan fingerprint density at radius 3 is 2.53 bits per heavy atom. The zero-order valence-electron chi connectivity index (χ0n) is 17.6. The molecule has 1 N–H and O–H groups in total. The van der Waals surface area contributed by atoms with E-state index in [-0.39, 0.29) is 0 Å². The summed E-state index contributed by atoms with van der Waals surface area (Å²) in [5.74, 6) is 2.01. The summed E-state index contributed by atoms with van der Waals surface area (Å²) in [5, 5.41) is 10.3. The summed E-state index contributed by atoms with van der Waals surface area (Å²) in [6.07, 6.45) is 1.94. The highest BCUT2D eigenvalue weighted by atomic mass is 16.5. The summed E-state index contributed by atoms with van der Waals surface area (Å²) in [5.41, 5.74) is 6.57. The Kier molecular flexibility index (Phi) is 4.67. The van der Waals surface area contributed by atoms with Crippen molar-refractivity contribution in [3.05, 3.63) is 88.5 Å². The average Bonchev–Trinajstić information content (AvgIpc) is 2.77. The molecule has 0 bridgehead atoms. The first-order valence-corrected chi connectivity index (χ1v) is 10.6. The molecule has 4 nitrogen and oxygen atoms in total. The number of phenolic OH excluding ortho intramolecular Hbond substituents is 1. The van der Waals surface area contributed by atoms with Gasteiger partial charge < -0.3 is 19.1 Å². The summed E-state index contributed by atoms with van der Waals surface area (Å²) in [7, 11) is 3.43. The molecule has 3 aromatic carbocycles. The smallest absolute Gasteiger partial charge is 0.169 e. The number of aromatic hydroxyl groups is 1. The number of fused-ring (bicyclic) bond motifs is 4. The van der Waals surface area contributed by atoms with E-state index < -0.39 is 0 Å². The van der Waals surface area contributed by atoms with Crippen LogP contribution in [-0.2, 0) is 25.9 Å². The van der Waals surface area contributed by atoms with Gasteiger partial charge >= 0.3 is 0 Å². The van der Waals surface area contributed by atoms with Gasteiger partial charge in [0.25, 0.3) is 0 Å². The van der Waals surface area contributed by atoms with Gasteiger partial charge in [0.15, 0.2) is 11.5 Å². The van der Waals surface area contributed by atoms with E-state index in [9.17, 15) is 5.11 Å². The predicted molar refractivity (Wildman–Crippen MR) is 117 cm³/mol. The van der Waals surface area contributed by atoms with E-state index in [0.717, 1.165) is 48.5 Å². The second-order valence-electron chi connectivity index (χ2n) is 8.54. The molecule has 2 atom stereocenters. The van der Waals surface area contributed by atoms with Crippen molar-refractivity contribution in [3.8, 4) is 17.2 Å². The van der Waals surface area contributed by atoms with E-state index >= 15 is 0 Å². The van der Waals surface area contributed by atoms with Crippen LogP contribution in [0.1, 0.15) is 33.9 Å². The number of hydrogen-bond donors (Lipinski definition) is 1. The molecule has 3 aromatic rings. The highest BCUT2D eigenvalue weighted by Gasteiger charge is 2.47. The van der Waals surface area contributed by atoms with Gasteiger partial charge in [-0.2, -0.15) is 0 Å². The minimum Gasteiger partial charge on any atom is -0.508 e. The molecule has 2 aliphatic heterocycles. The first kappa shape index (κ1) is 19.0. The second kappa shape index (κ2) is 7.37. The third-order valence-corrected chi connectivity index (χ3v) is 6.95. The maximum atomic E-state index is 10.3. The Morgan fingerprint density at radius 2 is 1.77 bits per heavy atom. The highest BCUT2D eigenvalue weighted by molar-refractivity contribution is 5.52. The predicted octanol–water partition coefficient (Wildman–Crippen LogP) is 4.78. The first-order valence-electron chi connectivity index (χ1n) is 10.6. The van der Waals surface area contributed by atoms with Gasteiger partial charge in [0, 0.05) is 24.0 Å². The Labute approximate surface area is 177 Å². The van der Waals surface area contributed by atoms with Crippen molar-refractivity contribution in [3.63, 3.8) is 0 Å². The highest BCUT2D eigenvalue weighted by Crippen LogP contribution is 2.49. The number of benzene rings is 3. The molecule has 0 radical (unpaired) electrons. The molecular weight excluding hydrogens is 374 g/mol. The van der Waals surface area contributed by atoms with E-state index in [4.69, 9.17) is 9.47 Å². The molecule has 154 valence electrons. The third-order valence-electron chi connectivity index (χ3n) is 6.95. The molecule has 0 fully saturated rings. The second-order valence-corrected chi connectivity index (χ2v) is 8.54. The normalized spacial score (nSPS) is 21.9. The van der Waals surface area contributed by atoms with Crippen molar-refractivity contribution < 1.29 is 19.1 Å². The Balaban J connectivity index is 1.67. The molecule has 0 amide bonds. The number of ether oxygens (including phenoxy) is 2. The quantitative estimate of drug-likeness (QED) is 0.639. The Hall–Kier alpha value is -2.98. The molecule has 0 saturated heterocycles. The number of hydrogen-bond acceptors (Lipinski definition) is 3. The molecule has 4 heteroatoms. The van der Waals surface area contributed by atoms with Gasteiger partial charge in [-0.1, -0.05) is 42.5 Å². The molecule has 5 rings (SSSR count). The third kappa shape index (κ3) is 3.03. The van der Waals surface area contributed by atoms with Crippen LogP contribution in [0.4, 0.5) is 0 Å². The van der Waals surface area contributed by atoms with Gasteiger partial charge in [-0.3, -0.25) is 0 Å². The van der Waals surface area contributed by atoms with Crippen molar-refractivity contribution in [2.45, 2.75) is 32.0 Å². The maximum Gasteiger partial charge on any atom is 0.169 e. The minimum atomic E-state index is 0.312. The van der Waals surface area contributed by atoms with E-state index in [0.29, 0.717) is 11.8 Å². The summed E-state index contributed by atoms with van der Waals surface area (Å²) in [6, 6.07) is 21.2. The fraction of sp³-hybridized carbons (Fsp3) is 0.308. The van der Waals surface area contributed by atoms with E-state index in [1.165, 1.54) is 27.8 Å². The van der Waals surface area contributed by atoms with E-state index in [2.05, 4.69) is 42.5 Å². The van der Waals surface area contributed by atoms with Crippen LogP contribution < -0.4 is 9.47 Å². The maximum absolute atomic E-state index is 10.3. The summed E-state index contributed by atoms with van der Waals surface area (Å²) in [4.78, 5) is 0. The van der Waals surface area contributed by atoms with Gasteiger partial charge in [-0.05, 0) is 29.3 Å². The number of rotatable bonds is 4. The summed E-state index contributed by atoms with van der Waals surface area (Å²) < 4.78 is 12.4. The number of quaternary nitrogens is 1. The van der Waals surface area contributed by atoms with Crippen LogP contribution in [0.15, 0.2) is 60.7 Å². The van der Waals surface area contributed by atoms with Crippen LogP contribution in [-0.4, -0.2) is 30.4 Å². The van der Waals surface area contributed by atoms with Crippen molar-refractivity contribution in [2.75, 3.05) is 20.8 Å². The number of phenols is 1. The zero-order valence-corrected chi connectivity index (χ0v) is 17.6. The molecule has 0 saturated carbocycles. The number of methoxy groups -OCH3 is 2. The first-order chi connectivity index (χ1) is 14.6. The van der Waals surface area contributed by atoms with Crippen molar-refractivity contribution in [1.82, 2.24) is 0 Å². The van der Waals surface area contributed by atoms with Crippen LogP contribution in [0.25, 0.3) is 0 Å². The van der Waals surface area contributed by atoms with Crippen LogP contribution in [0.3, 0.4) is 0 Å². The van der Waals surface area contributed by atoms with Gasteiger partial charge in [-0.15, -0.1) is 0 Å². The van der Waals surface area contributed by atoms with Crippen molar-refractivity contribution >= 4 is 0 Å². The van der Waals surface area contributed by atoms with Crippen LogP contribution in [0.2, 0.25) is 0 Å². The fourth-order valence-electron chi connectivity index (χ4n) is 5.52. The van der Waals surface area contributed by atoms with Crippen molar-refractivity contribution in [1.29, 1.82) is 0 Å². The minimum absolute atomic E-state index is 0.312. The van der Waals surface area contributed by atoms with Gasteiger partial charge in [0.05, 0.1) is 26.3 Å². The lowest BCUT2D eigenvalue weighted by Gasteiger charge is -2.51.